The van der Waals surface area contributed by atoms with Crippen LogP contribution in [0.15, 0.2) is 11.3 Å². The number of nitrogens with two attached hydrogens (primary N) is 1. The van der Waals surface area contributed by atoms with Crippen molar-refractivity contribution in [2.75, 3.05) is 13.6 Å². The van der Waals surface area contributed by atoms with E-state index in [1.165, 1.54) is 0 Å². The minimum Gasteiger partial charge on any atom is -0.391 e. The van der Waals surface area contributed by atoms with Crippen molar-refractivity contribution in [1.29, 1.82) is 0 Å². The average molecular weight is 128 g/mol. The lowest BCUT2D eigenvalue weighted by Crippen LogP contribution is -2.13. The first-order chi connectivity index (χ1) is 4.26. The van der Waals surface area contributed by atoms with Crippen LogP contribution in [0.2, 0.25) is 0 Å². The Bertz CT molecular complexity index is 129. The van der Waals surface area contributed by atoms with Gasteiger partial charge in [-0.1, -0.05) is 0 Å². The standard InChI is InChI=1S/C6H12N2O/c1-5(8-2)6(3-7)4-9/h4,8H,3,7H2,1-2H3/b6-5+. The van der Waals surface area contributed by atoms with Gasteiger partial charge in [0.25, 0.3) is 0 Å². The van der Waals surface area contributed by atoms with E-state index in [-0.39, 0.29) is 0 Å². The fraction of sp³-hybridized carbons (Fsp3) is 0.500. The number of allylic oxidation sites excluding steroid dienone is 1. The van der Waals surface area contributed by atoms with Crippen molar-refractivity contribution in [2.45, 2.75) is 6.92 Å². The second kappa shape index (κ2) is 4.09. The number of nitrogens with one attached hydrogen (secondary N) is 1. The molecule has 9 heavy (non-hydrogen) atoms. The summed E-state index contributed by atoms with van der Waals surface area (Å²) in [4.78, 5) is 10.2. The first kappa shape index (κ1) is 8.17. The van der Waals surface area contributed by atoms with Gasteiger partial charge in [-0.2, -0.15) is 0 Å². The molecule has 3 nitrogen and oxygen atoms in total. The van der Waals surface area contributed by atoms with Gasteiger partial charge in [0.1, 0.15) is 6.29 Å². The van der Waals surface area contributed by atoms with E-state index in [9.17, 15) is 4.79 Å². The summed E-state index contributed by atoms with van der Waals surface area (Å²) < 4.78 is 0. The predicted octanol–water partition coefficient (Wildman–Crippen LogP) is -0.363. The van der Waals surface area contributed by atoms with E-state index in [1.807, 2.05) is 6.92 Å². The second-order valence-corrected chi connectivity index (χ2v) is 1.72. The van der Waals surface area contributed by atoms with Crippen LogP contribution in [-0.2, 0) is 4.79 Å². The van der Waals surface area contributed by atoms with Crippen molar-refractivity contribution in [3.05, 3.63) is 11.3 Å². The molecule has 0 unspecified atom stereocenters. The summed E-state index contributed by atoms with van der Waals surface area (Å²) in [5.41, 5.74) is 6.69. The van der Waals surface area contributed by atoms with Crippen molar-refractivity contribution in [2.24, 2.45) is 5.73 Å². The molecule has 0 aromatic heterocycles. The van der Waals surface area contributed by atoms with Gasteiger partial charge in [0.15, 0.2) is 0 Å². The van der Waals surface area contributed by atoms with Crippen LogP contribution >= 0.6 is 0 Å². The van der Waals surface area contributed by atoms with E-state index in [2.05, 4.69) is 5.32 Å². The Morgan fingerprint density at radius 3 is 2.44 bits per heavy atom. The lowest BCUT2D eigenvalue weighted by molar-refractivity contribution is -0.105. The molecule has 52 valence electrons. The van der Waals surface area contributed by atoms with E-state index < -0.39 is 0 Å². The molecule has 0 saturated carbocycles. The maximum Gasteiger partial charge on any atom is 0.149 e. The Kier molecular flexibility index (Phi) is 3.71. The number of hydrogen-bond donors (Lipinski definition) is 2. The van der Waals surface area contributed by atoms with Crippen molar-refractivity contribution in [3.8, 4) is 0 Å². The molecular formula is C6H12N2O. The Hall–Kier alpha value is -0.830. The normalized spacial score (nSPS) is 12.3. The molecule has 0 saturated heterocycles. The number of aldehydes is 1. The van der Waals surface area contributed by atoms with Gasteiger partial charge in [-0.3, -0.25) is 4.79 Å². The second-order valence-electron chi connectivity index (χ2n) is 1.72. The lowest BCUT2D eigenvalue weighted by atomic mass is 10.2. The number of carbonyl (C=O) groups excluding carboxylic acids is 1. The number of hydrogen-bond acceptors (Lipinski definition) is 3. The highest BCUT2D eigenvalue weighted by atomic mass is 16.1. The van der Waals surface area contributed by atoms with Crippen LogP contribution in [0.4, 0.5) is 0 Å². The maximum atomic E-state index is 10.2. The molecular weight excluding hydrogens is 116 g/mol. The van der Waals surface area contributed by atoms with E-state index in [4.69, 9.17) is 5.73 Å². The monoisotopic (exact) mass is 128 g/mol. The fourth-order valence-electron chi connectivity index (χ4n) is 0.450. The average Bonchev–Trinajstić information content (AvgIpc) is 1.90. The number of carbonyl (C=O) groups is 1. The van der Waals surface area contributed by atoms with Crippen molar-refractivity contribution in [3.63, 3.8) is 0 Å². The Balaban J connectivity index is 4.18. The molecule has 0 fully saturated rings. The maximum absolute atomic E-state index is 10.2. The Labute approximate surface area is 54.9 Å². The van der Waals surface area contributed by atoms with Crippen LogP contribution in [0, 0.1) is 0 Å². The molecule has 3 N–H and O–H groups in total. The highest BCUT2D eigenvalue weighted by Crippen LogP contribution is 1.92. The smallest absolute Gasteiger partial charge is 0.149 e. The summed E-state index contributed by atoms with van der Waals surface area (Å²) in [6, 6.07) is 0. The topological polar surface area (TPSA) is 55.1 Å². The van der Waals surface area contributed by atoms with Crippen LogP contribution in [0.25, 0.3) is 0 Å². The molecule has 0 aliphatic heterocycles. The third-order valence-electron chi connectivity index (χ3n) is 1.22. The van der Waals surface area contributed by atoms with Gasteiger partial charge in [0.05, 0.1) is 0 Å². The molecule has 0 spiro atoms. The summed E-state index contributed by atoms with van der Waals surface area (Å²) in [6.45, 7) is 2.12. The Morgan fingerprint density at radius 2 is 2.33 bits per heavy atom. The zero-order chi connectivity index (χ0) is 7.28. The predicted molar refractivity (Wildman–Crippen MR) is 36.9 cm³/mol. The van der Waals surface area contributed by atoms with E-state index in [1.54, 1.807) is 7.05 Å². The van der Waals surface area contributed by atoms with Crippen molar-refractivity contribution in [1.82, 2.24) is 5.32 Å². The third-order valence-corrected chi connectivity index (χ3v) is 1.22. The van der Waals surface area contributed by atoms with Gasteiger partial charge in [-0.25, -0.2) is 0 Å². The van der Waals surface area contributed by atoms with Gasteiger partial charge in [0.2, 0.25) is 0 Å². The minimum absolute atomic E-state index is 0.302. The third kappa shape index (κ3) is 2.28. The molecule has 0 amide bonds. The van der Waals surface area contributed by atoms with Crippen molar-refractivity contribution < 1.29 is 4.79 Å². The van der Waals surface area contributed by atoms with Crippen LogP contribution in [0.1, 0.15) is 6.92 Å². The van der Waals surface area contributed by atoms with Crippen molar-refractivity contribution >= 4 is 6.29 Å². The van der Waals surface area contributed by atoms with Gasteiger partial charge in [0, 0.05) is 24.9 Å². The van der Waals surface area contributed by atoms with Crippen LogP contribution < -0.4 is 11.1 Å². The van der Waals surface area contributed by atoms with E-state index in [0.29, 0.717) is 12.1 Å². The zero-order valence-electron chi connectivity index (χ0n) is 5.77. The molecule has 0 rings (SSSR count). The SMILES string of the molecule is CN/C(C)=C(/C=O)CN. The summed E-state index contributed by atoms with van der Waals surface area (Å²) >= 11 is 0. The van der Waals surface area contributed by atoms with Gasteiger partial charge in [-0.05, 0) is 6.92 Å². The van der Waals surface area contributed by atoms with Gasteiger partial charge < -0.3 is 11.1 Å². The molecule has 0 radical (unpaired) electrons. The highest BCUT2D eigenvalue weighted by Gasteiger charge is 1.94. The molecule has 0 aliphatic rings. The first-order valence-electron chi connectivity index (χ1n) is 2.79. The van der Waals surface area contributed by atoms with Crippen LogP contribution in [0.3, 0.4) is 0 Å². The number of rotatable bonds is 3. The molecule has 0 aromatic carbocycles. The lowest BCUT2D eigenvalue weighted by Gasteiger charge is -2.01. The molecule has 0 aromatic rings. The van der Waals surface area contributed by atoms with E-state index >= 15 is 0 Å². The van der Waals surface area contributed by atoms with Crippen LogP contribution in [-0.4, -0.2) is 19.9 Å². The van der Waals surface area contributed by atoms with Crippen LogP contribution in [0.5, 0.6) is 0 Å². The van der Waals surface area contributed by atoms with Gasteiger partial charge >= 0.3 is 0 Å². The fourth-order valence-corrected chi connectivity index (χ4v) is 0.450. The summed E-state index contributed by atoms with van der Waals surface area (Å²) in [7, 11) is 1.76. The van der Waals surface area contributed by atoms with E-state index in [0.717, 1.165) is 12.0 Å². The quantitative estimate of drug-likeness (QED) is 0.403. The summed E-state index contributed by atoms with van der Waals surface area (Å²) in [6.07, 6.45) is 0.770. The molecule has 0 bridgehead atoms. The molecule has 0 atom stereocenters. The highest BCUT2D eigenvalue weighted by molar-refractivity contribution is 5.74. The first-order valence-corrected chi connectivity index (χ1v) is 2.79. The van der Waals surface area contributed by atoms with Gasteiger partial charge in [-0.15, -0.1) is 0 Å². The molecule has 3 heteroatoms. The minimum atomic E-state index is 0.302. The summed E-state index contributed by atoms with van der Waals surface area (Å²) in [5.74, 6) is 0. The Morgan fingerprint density at radius 1 is 1.78 bits per heavy atom. The molecule has 0 aliphatic carbocycles. The summed E-state index contributed by atoms with van der Waals surface area (Å²) in [5, 5.41) is 2.84. The molecule has 0 heterocycles. The largest absolute Gasteiger partial charge is 0.391 e. The zero-order valence-corrected chi connectivity index (χ0v) is 5.77.